The Labute approximate surface area is 368 Å². The quantitative estimate of drug-likeness (QED) is 0.177. The summed E-state index contributed by atoms with van der Waals surface area (Å²) in [6.07, 6.45) is 0. The fourth-order valence-corrected chi connectivity index (χ4v) is 11.9. The van der Waals surface area contributed by atoms with Gasteiger partial charge in [-0.3, -0.25) is 0 Å². The maximum absolute atomic E-state index is 6.45. The van der Waals surface area contributed by atoms with Gasteiger partial charge in [-0.2, -0.15) is 0 Å². The van der Waals surface area contributed by atoms with Crippen molar-refractivity contribution in [3.8, 4) is 33.4 Å². The summed E-state index contributed by atoms with van der Waals surface area (Å²) in [4.78, 5) is 0. The molecule has 3 heteroatoms. The van der Waals surface area contributed by atoms with Crippen LogP contribution < -0.4 is 0 Å². The maximum Gasteiger partial charge on any atom is 0.135 e. The summed E-state index contributed by atoms with van der Waals surface area (Å²) in [5.41, 5.74) is 10.9. The number of rotatable bonds is 3. The van der Waals surface area contributed by atoms with E-state index in [0.29, 0.717) is 0 Å². The van der Waals surface area contributed by atoms with Gasteiger partial charge in [0, 0.05) is 26.0 Å². The number of benzene rings is 11. The average molecular weight is 864 g/mol. The standard InChI is InChI=1S/C60H31BrO2/c61-48-27-26-45-56-41(48)17-9-19-43(56)58-54(34-23-29-52-47(31-34)39-14-4-6-21-50(39)63-52)59-44-25-24-37(36-15-7-11-32-10-1-2-12-35(32)36)40-16-8-18-42(55(40)44)57(59)53(60(45)58)33-22-28-51-46(30-33)38-13-3-5-20-49(38)62-51/h1-31H. The lowest BCUT2D eigenvalue weighted by Gasteiger charge is -2.16. The first kappa shape index (κ1) is 33.9. The third-order valence-corrected chi connectivity index (χ3v) is 14.7. The van der Waals surface area contributed by atoms with Crippen molar-refractivity contribution in [1.29, 1.82) is 0 Å². The molecule has 0 atom stereocenters. The van der Waals surface area contributed by atoms with Gasteiger partial charge in [0.25, 0.3) is 0 Å². The molecule has 0 saturated carbocycles. The molecule has 0 radical (unpaired) electrons. The Morgan fingerprint density at radius 3 is 1.33 bits per heavy atom. The molecule has 2 heterocycles. The molecule has 15 rings (SSSR count). The van der Waals surface area contributed by atoms with E-state index in [2.05, 4.69) is 192 Å². The van der Waals surface area contributed by atoms with E-state index in [1.165, 1.54) is 109 Å². The molecule has 290 valence electrons. The van der Waals surface area contributed by atoms with Crippen LogP contribution in [0, 0.1) is 0 Å². The lowest BCUT2D eigenvalue weighted by Crippen LogP contribution is -1.88. The zero-order valence-electron chi connectivity index (χ0n) is 33.6. The van der Waals surface area contributed by atoms with E-state index in [9.17, 15) is 0 Å². The highest BCUT2D eigenvalue weighted by atomic mass is 79.9. The summed E-state index contributed by atoms with van der Waals surface area (Å²) in [6.45, 7) is 0. The first-order chi connectivity index (χ1) is 31.2. The average Bonchev–Trinajstić information content (AvgIpc) is 4.08. The highest BCUT2D eigenvalue weighted by Crippen LogP contribution is 2.57. The van der Waals surface area contributed by atoms with Crippen LogP contribution in [0.15, 0.2) is 201 Å². The molecule has 0 fully saturated rings. The number of hydrogen-bond donors (Lipinski definition) is 0. The lowest BCUT2D eigenvalue weighted by atomic mass is 9.86. The number of para-hydroxylation sites is 2. The van der Waals surface area contributed by atoms with Crippen molar-refractivity contribution < 1.29 is 8.83 Å². The van der Waals surface area contributed by atoms with E-state index in [0.717, 1.165) is 48.3 Å². The minimum atomic E-state index is 0.893. The molecule has 0 unspecified atom stereocenters. The van der Waals surface area contributed by atoms with Gasteiger partial charge in [0.05, 0.1) is 0 Å². The molecule has 0 N–H and O–H groups in total. The molecule has 0 bridgehead atoms. The predicted molar refractivity (Wildman–Crippen MR) is 270 cm³/mol. The van der Waals surface area contributed by atoms with Crippen LogP contribution in [0.4, 0.5) is 0 Å². The molecular formula is C60H31BrO2. The largest absolute Gasteiger partial charge is 0.456 e. The smallest absolute Gasteiger partial charge is 0.135 e. The monoisotopic (exact) mass is 862 g/mol. The van der Waals surface area contributed by atoms with Crippen molar-refractivity contribution in [3.05, 3.63) is 193 Å². The van der Waals surface area contributed by atoms with Gasteiger partial charge in [0.15, 0.2) is 0 Å². The van der Waals surface area contributed by atoms with Gasteiger partial charge in [-0.25, -0.2) is 0 Å². The Morgan fingerprint density at radius 1 is 0.270 bits per heavy atom. The van der Waals surface area contributed by atoms with Crippen molar-refractivity contribution >= 4 is 135 Å². The Kier molecular flexibility index (Phi) is 6.58. The molecule has 0 aliphatic rings. The van der Waals surface area contributed by atoms with Crippen molar-refractivity contribution in [1.82, 2.24) is 0 Å². The second-order valence-electron chi connectivity index (χ2n) is 17.1. The molecule has 2 nitrogen and oxygen atoms in total. The van der Waals surface area contributed by atoms with Gasteiger partial charge < -0.3 is 8.83 Å². The number of furan rings is 2. The van der Waals surface area contributed by atoms with Crippen molar-refractivity contribution in [2.45, 2.75) is 0 Å². The van der Waals surface area contributed by atoms with Crippen LogP contribution in [0.1, 0.15) is 0 Å². The van der Waals surface area contributed by atoms with Gasteiger partial charge >= 0.3 is 0 Å². The van der Waals surface area contributed by atoms with Gasteiger partial charge in [-0.05, 0) is 151 Å². The maximum atomic E-state index is 6.45. The second kappa shape index (κ2) is 12.2. The zero-order valence-corrected chi connectivity index (χ0v) is 35.2. The van der Waals surface area contributed by atoms with Gasteiger partial charge in [-0.15, -0.1) is 0 Å². The summed E-state index contributed by atoms with van der Waals surface area (Å²) in [6, 6.07) is 69.1. The SMILES string of the molecule is Brc1ccc2c3c(-c4ccc5oc6ccccc6c5c4)c4c5cccc6c(-c7cccc8ccccc78)ccc(c4c(-c4ccc7oc8ccccc8c7c4)c3c3cccc1c23)c65. The van der Waals surface area contributed by atoms with Gasteiger partial charge in [0.2, 0.25) is 0 Å². The number of hydrogen-bond acceptors (Lipinski definition) is 2. The van der Waals surface area contributed by atoms with Gasteiger partial charge in [-0.1, -0.05) is 162 Å². The molecular weight excluding hydrogens is 833 g/mol. The number of halogens is 1. The molecule has 13 aromatic carbocycles. The summed E-state index contributed by atoms with van der Waals surface area (Å²) in [7, 11) is 0. The predicted octanol–water partition coefficient (Wildman–Crippen LogP) is 18.2. The van der Waals surface area contributed by atoms with E-state index in [4.69, 9.17) is 8.83 Å². The molecule has 63 heavy (non-hydrogen) atoms. The number of fused-ring (bicyclic) bond motifs is 13. The molecule has 2 aromatic heterocycles. The van der Waals surface area contributed by atoms with Crippen LogP contribution >= 0.6 is 15.9 Å². The van der Waals surface area contributed by atoms with Crippen molar-refractivity contribution in [2.75, 3.05) is 0 Å². The summed E-state index contributed by atoms with van der Waals surface area (Å²) < 4.78 is 14.0. The minimum absolute atomic E-state index is 0.893. The minimum Gasteiger partial charge on any atom is -0.456 e. The van der Waals surface area contributed by atoms with E-state index in [-0.39, 0.29) is 0 Å². The Balaban J connectivity index is 1.20. The van der Waals surface area contributed by atoms with Crippen molar-refractivity contribution in [3.63, 3.8) is 0 Å². The van der Waals surface area contributed by atoms with E-state index >= 15 is 0 Å². The Bertz CT molecular complexity index is 4270. The van der Waals surface area contributed by atoms with E-state index in [1.54, 1.807) is 0 Å². The fraction of sp³-hybridized carbons (Fsp3) is 0. The van der Waals surface area contributed by atoms with Crippen LogP contribution in [0.3, 0.4) is 0 Å². The molecule has 0 spiro atoms. The Hall–Kier alpha value is -7.72. The molecule has 0 saturated heterocycles. The topological polar surface area (TPSA) is 26.3 Å². The third-order valence-electron chi connectivity index (χ3n) is 14.0. The zero-order chi connectivity index (χ0) is 41.1. The lowest BCUT2D eigenvalue weighted by molar-refractivity contribution is 0.668. The first-order valence-electron chi connectivity index (χ1n) is 21.5. The van der Waals surface area contributed by atoms with Crippen LogP contribution in [-0.4, -0.2) is 0 Å². The third kappa shape index (κ3) is 4.42. The highest BCUT2D eigenvalue weighted by Gasteiger charge is 2.29. The molecule has 15 aromatic rings. The van der Waals surface area contributed by atoms with Crippen LogP contribution in [0.25, 0.3) is 153 Å². The Morgan fingerprint density at radius 2 is 0.698 bits per heavy atom. The van der Waals surface area contributed by atoms with Crippen molar-refractivity contribution in [2.24, 2.45) is 0 Å². The molecule has 0 amide bonds. The van der Waals surface area contributed by atoms with Crippen LogP contribution in [0.2, 0.25) is 0 Å². The van der Waals surface area contributed by atoms with E-state index < -0.39 is 0 Å². The van der Waals surface area contributed by atoms with Crippen LogP contribution in [-0.2, 0) is 0 Å². The highest BCUT2D eigenvalue weighted by molar-refractivity contribution is 9.10. The summed E-state index contributed by atoms with van der Waals surface area (Å²) in [5, 5.41) is 22.1. The molecule has 0 aliphatic heterocycles. The summed E-state index contributed by atoms with van der Waals surface area (Å²) >= 11 is 3.97. The normalized spacial score (nSPS) is 12.5. The van der Waals surface area contributed by atoms with Crippen LogP contribution in [0.5, 0.6) is 0 Å². The first-order valence-corrected chi connectivity index (χ1v) is 22.3. The van der Waals surface area contributed by atoms with E-state index in [1.807, 2.05) is 12.1 Å². The molecule has 0 aliphatic carbocycles. The summed E-state index contributed by atoms with van der Waals surface area (Å²) in [5.74, 6) is 0. The van der Waals surface area contributed by atoms with Gasteiger partial charge in [0.1, 0.15) is 22.3 Å². The fourth-order valence-electron chi connectivity index (χ4n) is 11.5. The second-order valence-corrected chi connectivity index (χ2v) is 18.0.